The molecule has 0 aliphatic carbocycles. The largest absolute Gasteiger partial charge is 0.490 e. The van der Waals surface area contributed by atoms with Crippen LogP contribution in [-0.2, 0) is 4.74 Å². The van der Waals surface area contributed by atoms with Gasteiger partial charge < -0.3 is 19.1 Å². The number of hydrogen-bond acceptors (Lipinski definition) is 5. The number of anilines is 1. The Morgan fingerprint density at radius 1 is 1.07 bits per heavy atom. The van der Waals surface area contributed by atoms with Crippen molar-refractivity contribution in [3.8, 4) is 11.5 Å². The van der Waals surface area contributed by atoms with E-state index in [9.17, 15) is 9.59 Å². The molecule has 7 heteroatoms. The summed E-state index contributed by atoms with van der Waals surface area (Å²) in [7, 11) is 0. The molecule has 2 heterocycles. The second-order valence-corrected chi connectivity index (χ2v) is 7.34. The summed E-state index contributed by atoms with van der Waals surface area (Å²) >= 11 is 0. The van der Waals surface area contributed by atoms with E-state index in [0.29, 0.717) is 37.6 Å². The van der Waals surface area contributed by atoms with Crippen LogP contribution in [0.15, 0.2) is 42.5 Å². The van der Waals surface area contributed by atoms with Crippen LogP contribution in [0.5, 0.6) is 11.5 Å². The summed E-state index contributed by atoms with van der Waals surface area (Å²) in [6.07, 6.45) is 2.21. The molecule has 1 fully saturated rings. The van der Waals surface area contributed by atoms with E-state index >= 15 is 0 Å². The van der Waals surface area contributed by atoms with Gasteiger partial charge in [-0.25, -0.2) is 4.79 Å². The number of ether oxygens (including phenoxy) is 3. The number of benzene rings is 2. The molecule has 2 aromatic rings. The molecule has 0 saturated carbocycles. The molecule has 0 aromatic heterocycles. The maximum absolute atomic E-state index is 13.2. The van der Waals surface area contributed by atoms with Crippen molar-refractivity contribution >= 4 is 17.7 Å². The van der Waals surface area contributed by atoms with Gasteiger partial charge in [0.1, 0.15) is 0 Å². The van der Waals surface area contributed by atoms with E-state index in [1.807, 2.05) is 23.1 Å². The van der Waals surface area contributed by atoms with Gasteiger partial charge in [-0.1, -0.05) is 6.07 Å². The first-order chi connectivity index (χ1) is 14.7. The Hall–Kier alpha value is -3.22. The van der Waals surface area contributed by atoms with Crippen molar-refractivity contribution in [3.05, 3.63) is 53.6 Å². The number of hydrogen-bond donors (Lipinski definition) is 1. The normalized spacial score (nSPS) is 17.9. The minimum absolute atomic E-state index is 0.00647. The summed E-state index contributed by atoms with van der Waals surface area (Å²) in [6.45, 7) is 4.05. The molecule has 1 N–H and O–H groups in total. The van der Waals surface area contributed by atoms with Crippen LogP contribution in [0.1, 0.15) is 48.1 Å². The van der Waals surface area contributed by atoms with Crippen LogP contribution in [0.25, 0.3) is 0 Å². The Kier molecular flexibility index (Phi) is 6.07. The molecule has 0 spiro atoms. The highest BCUT2D eigenvalue weighted by molar-refractivity contribution is 5.95. The monoisotopic (exact) mass is 410 g/mol. The van der Waals surface area contributed by atoms with E-state index < -0.39 is 6.09 Å². The van der Waals surface area contributed by atoms with Gasteiger partial charge in [0, 0.05) is 24.2 Å². The van der Waals surface area contributed by atoms with Gasteiger partial charge in [0.15, 0.2) is 11.5 Å². The van der Waals surface area contributed by atoms with Crippen LogP contribution < -0.4 is 14.8 Å². The maximum atomic E-state index is 13.2. The lowest BCUT2D eigenvalue weighted by molar-refractivity contribution is 0.0735. The van der Waals surface area contributed by atoms with E-state index in [-0.39, 0.29) is 11.9 Å². The van der Waals surface area contributed by atoms with Gasteiger partial charge in [-0.3, -0.25) is 10.1 Å². The predicted octanol–water partition coefficient (Wildman–Crippen LogP) is 4.39. The summed E-state index contributed by atoms with van der Waals surface area (Å²) < 4.78 is 16.4. The number of amides is 2. The standard InChI is InChI=1S/C23H26N2O5/c1-2-28-23(27)24-18-9-6-16(7-10-18)22(26)25-12-3-5-19(25)17-8-11-20-21(15-17)30-14-4-13-29-20/h6-11,15,19H,2-5,12-14H2,1H3,(H,24,27). The third-order valence-corrected chi connectivity index (χ3v) is 5.32. The van der Waals surface area contributed by atoms with E-state index in [1.54, 1.807) is 31.2 Å². The molecule has 30 heavy (non-hydrogen) atoms. The minimum Gasteiger partial charge on any atom is -0.490 e. The molecular weight excluding hydrogens is 384 g/mol. The van der Waals surface area contributed by atoms with Crippen molar-refractivity contribution in [2.24, 2.45) is 0 Å². The lowest BCUT2D eigenvalue weighted by atomic mass is 10.0. The molecule has 0 radical (unpaired) electrons. The molecule has 158 valence electrons. The summed E-state index contributed by atoms with van der Waals surface area (Å²) in [5.74, 6) is 1.49. The average molecular weight is 410 g/mol. The van der Waals surface area contributed by atoms with Crippen LogP contribution in [0.4, 0.5) is 10.5 Å². The molecular formula is C23H26N2O5. The van der Waals surface area contributed by atoms with Gasteiger partial charge in [0.2, 0.25) is 0 Å². The summed E-state index contributed by atoms with van der Waals surface area (Å²) in [5.41, 5.74) is 2.24. The zero-order valence-electron chi connectivity index (χ0n) is 17.1. The van der Waals surface area contributed by atoms with Gasteiger partial charge in [-0.05, 0) is 61.7 Å². The average Bonchev–Trinajstić information content (AvgIpc) is 3.12. The third-order valence-electron chi connectivity index (χ3n) is 5.32. The van der Waals surface area contributed by atoms with Crippen LogP contribution in [0, 0.1) is 0 Å². The van der Waals surface area contributed by atoms with Gasteiger partial charge in [0.25, 0.3) is 5.91 Å². The number of carbonyl (C=O) groups is 2. The number of carbonyl (C=O) groups excluding carboxylic acids is 2. The smallest absolute Gasteiger partial charge is 0.411 e. The summed E-state index contributed by atoms with van der Waals surface area (Å²) in [6, 6.07) is 12.9. The van der Waals surface area contributed by atoms with Gasteiger partial charge in [-0.15, -0.1) is 0 Å². The van der Waals surface area contributed by atoms with E-state index in [1.165, 1.54) is 0 Å². The number of nitrogens with one attached hydrogen (secondary N) is 1. The second-order valence-electron chi connectivity index (χ2n) is 7.34. The lowest BCUT2D eigenvalue weighted by Gasteiger charge is -2.26. The molecule has 2 amide bonds. The Morgan fingerprint density at radius 3 is 2.60 bits per heavy atom. The number of nitrogens with zero attached hydrogens (tertiary/aromatic N) is 1. The van der Waals surface area contributed by atoms with Crippen LogP contribution in [0.3, 0.4) is 0 Å². The Balaban J connectivity index is 1.49. The number of fused-ring (bicyclic) bond motifs is 1. The fraction of sp³-hybridized carbons (Fsp3) is 0.391. The quantitative estimate of drug-likeness (QED) is 0.809. The molecule has 2 aliphatic heterocycles. The molecule has 7 nitrogen and oxygen atoms in total. The van der Waals surface area contributed by atoms with Crippen molar-refractivity contribution in [2.45, 2.75) is 32.2 Å². The minimum atomic E-state index is -0.509. The lowest BCUT2D eigenvalue weighted by Crippen LogP contribution is -2.30. The zero-order chi connectivity index (χ0) is 20.9. The topological polar surface area (TPSA) is 77.1 Å². The predicted molar refractivity (Wildman–Crippen MR) is 112 cm³/mol. The van der Waals surface area contributed by atoms with Crippen LogP contribution >= 0.6 is 0 Å². The molecule has 1 saturated heterocycles. The molecule has 4 rings (SSSR count). The van der Waals surface area contributed by atoms with Crippen molar-refractivity contribution in [1.82, 2.24) is 4.90 Å². The van der Waals surface area contributed by atoms with Crippen LogP contribution in [-0.4, -0.2) is 43.3 Å². The molecule has 1 atom stereocenters. The number of likely N-dealkylation sites (tertiary alicyclic amines) is 1. The fourth-order valence-electron chi connectivity index (χ4n) is 3.89. The summed E-state index contributed by atoms with van der Waals surface area (Å²) in [4.78, 5) is 26.6. The highest BCUT2D eigenvalue weighted by Crippen LogP contribution is 2.38. The molecule has 1 unspecified atom stereocenters. The van der Waals surface area contributed by atoms with E-state index in [2.05, 4.69) is 5.32 Å². The summed E-state index contributed by atoms with van der Waals surface area (Å²) in [5, 5.41) is 2.64. The van der Waals surface area contributed by atoms with Crippen molar-refractivity contribution in [3.63, 3.8) is 0 Å². The highest BCUT2D eigenvalue weighted by atomic mass is 16.5. The SMILES string of the molecule is CCOC(=O)Nc1ccc(C(=O)N2CCCC2c2ccc3c(c2)OCCCO3)cc1. The first-order valence-electron chi connectivity index (χ1n) is 10.4. The molecule has 0 bridgehead atoms. The van der Waals surface area contributed by atoms with Gasteiger partial charge in [-0.2, -0.15) is 0 Å². The van der Waals surface area contributed by atoms with Gasteiger partial charge in [0.05, 0.1) is 25.9 Å². The molecule has 2 aliphatic rings. The fourth-order valence-corrected chi connectivity index (χ4v) is 3.89. The first kappa shape index (κ1) is 20.1. The Labute approximate surface area is 175 Å². The van der Waals surface area contributed by atoms with Crippen LogP contribution in [0.2, 0.25) is 0 Å². The Morgan fingerprint density at radius 2 is 1.83 bits per heavy atom. The first-order valence-corrected chi connectivity index (χ1v) is 10.4. The zero-order valence-corrected chi connectivity index (χ0v) is 17.1. The van der Waals surface area contributed by atoms with Crippen molar-refractivity contribution < 1.29 is 23.8 Å². The second kappa shape index (κ2) is 9.07. The number of rotatable bonds is 4. The Bertz CT molecular complexity index is 912. The molecule has 2 aromatic carbocycles. The van der Waals surface area contributed by atoms with E-state index in [0.717, 1.165) is 36.3 Å². The highest BCUT2D eigenvalue weighted by Gasteiger charge is 2.31. The van der Waals surface area contributed by atoms with E-state index in [4.69, 9.17) is 14.2 Å². The van der Waals surface area contributed by atoms with Crippen molar-refractivity contribution in [2.75, 3.05) is 31.7 Å². The van der Waals surface area contributed by atoms with Gasteiger partial charge >= 0.3 is 6.09 Å². The van der Waals surface area contributed by atoms with Crippen molar-refractivity contribution in [1.29, 1.82) is 0 Å². The maximum Gasteiger partial charge on any atom is 0.411 e. The third kappa shape index (κ3) is 4.35.